The molecule has 0 radical (unpaired) electrons. The van der Waals surface area contributed by atoms with E-state index in [4.69, 9.17) is 4.42 Å². The van der Waals surface area contributed by atoms with Crippen LogP contribution in [-0.2, 0) is 0 Å². The standard InChI is InChI=1S/C12H10FNO2S/c1-7-6-17-12(15)14(7)10-5-16-11-8(10)3-2-4-9(11)13/h2-5,7H,6H2,1H3/t7-/m1/s1. The zero-order valence-electron chi connectivity index (χ0n) is 9.14. The minimum atomic E-state index is -0.402. The lowest BCUT2D eigenvalue weighted by atomic mass is 10.2. The van der Waals surface area contributed by atoms with Gasteiger partial charge in [0.15, 0.2) is 11.4 Å². The van der Waals surface area contributed by atoms with Crippen LogP contribution in [-0.4, -0.2) is 17.0 Å². The van der Waals surface area contributed by atoms with Gasteiger partial charge in [-0.15, -0.1) is 0 Å². The molecule has 1 fully saturated rings. The number of nitrogens with zero attached hydrogens (tertiary/aromatic N) is 1. The first-order valence-electron chi connectivity index (χ1n) is 5.30. The molecule has 0 unspecified atom stereocenters. The maximum Gasteiger partial charge on any atom is 0.286 e. The van der Waals surface area contributed by atoms with Crippen molar-refractivity contribution < 1.29 is 13.6 Å². The minimum absolute atomic E-state index is 0.00976. The molecule has 2 aromatic rings. The molecule has 1 aliphatic heterocycles. The van der Waals surface area contributed by atoms with Gasteiger partial charge in [0.25, 0.3) is 5.24 Å². The van der Waals surface area contributed by atoms with E-state index in [1.807, 2.05) is 6.92 Å². The number of fused-ring (bicyclic) bond motifs is 1. The Morgan fingerprint density at radius 3 is 3.06 bits per heavy atom. The molecule has 0 spiro atoms. The number of hydrogen-bond acceptors (Lipinski definition) is 3. The predicted molar refractivity (Wildman–Crippen MR) is 66.0 cm³/mol. The van der Waals surface area contributed by atoms with Gasteiger partial charge in [-0.1, -0.05) is 17.8 Å². The highest BCUT2D eigenvalue weighted by Gasteiger charge is 2.32. The number of amides is 1. The van der Waals surface area contributed by atoms with Crippen LogP contribution >= 0.6 is 11.8 Å². The summed E-state index contributed by atoms with van der Waals surface area (Å²) in [5, 5.41) is 0.636. The summed E-state index contributed by atoms with van der Waals surface area (Å²) >= 11 is 1.28. The molecule has 17 heavy (non-hydrogen) atoms. The lowest BCUT2D eigenvalue weighted by Gasteiger charge is -2.18. The molecule has 0 N–H and O–H groups in total. The average Bonchev–Trinajstić information content (AvgIpc) is 2.84. The van der Waals surface area contributed by atoms with Crippen LogP contribution < -0.4 is 4.90 Å². The number of carbonyl (C=O) groups is 1. The van der Waals surface area contributed by atoms with Gasteiger partial charge < -0.3 is 4.42 Å². The van der Waals surface area contributed by atoms with Crippen molar-refractivity contribution in [2.75, 3.05) is 10.7 Å². The van der Waals surface area contributed by atoms with E-state index in [9.17, 15) is 9.18 Å². The summed E-state index contributed by atoms with van der Waals surface area (Å²) in [6.45, 7) is 1.97. The first kappa shape index (κ1) is 10.7. The van der Waals surface area contributed by atoms with Gasteiger partial charge in [0.2, 0.25) is 0 Å². The molecule has 88 valence electrons. The summed E-state index contributed by atoms with van der Waals surface area (Å²) in [6.07, 6.45) is 1.45. The Labute approximate surface area is 102 Å². The lowest BCUT2D eigenvalue weighted by molar-refractivity contribution is 0.265. The van der Waals surface area contributed by atoms with Crippen LogP contribution in [0.5, 0.6) is 0 Å². The van der Waals surface area contributed by atoms with Crippen molar-refractivity contribution in [1.82, 2.24) is 0 Å². The van der Waals surface area contributed by atoms with E-state index in [-0.39, 0.29) is 16.9 Å². The normalized spacial score (nSPS) is 20.5. The number of benzene rings is 1. The summed E-state index contributed by atoms with van der Waals surface area (Å²) in [4.78, 5) is 13.4. The highest BCUT2D eigenvalue weighted by atomic mass is 32.2. The molecule has 1 aromatic heterocycles. The van der Waals surface area contributed by atoms with Gasteiger partial charge >= 0.3 is 0 Å². The van der Waals surface area contributed by atoms with Crippen LogP contribution in [0.1, 0.15) is 6.92 Å². The number of furan rings is 1. The molecule has 5 heteroatoms. The predicted octanol–water partition coefficient (Wildman–Crippen LogP) is 3.63. The molecule has 3 nitrogen and oxygen atoms in total. The molecule has 1 aromatic carbocycles. The van der Waals surface area contributed by atoms with Gasteiger partial charge in [0.1, 0.15) is 6.26 Å². The first-order valence-corrected chi connectivity index (χ1v) is 6.29. The van der Waals surface area contributed by atoms with Crippen molar-refractivity contribution in [1.29, 1.82) is 0 Å². The van der Waals surface area contributed by atoms with E-state index in [1.165, 1.54) is 24.1 Å². The number of rotatable bonds is 1. The van der Waals surface area contributed by atoms with Crippen LogP contribution in [0.3, 0.4) is 0 Å². The SMILES string of the molecule is C[C@@H]1CSC(=O)N1c1coc2c(F)cccc12. The number of anilines is 1. The van der Waals surface area contributed by atoms with E-state index >= 15 is 0 Å². The third-order valence-corrected chi connectivity index (χ3v) is 3.97. The molecule has 2 heterocycles. The quantitative estimate of drug-likeness (QED) is 0.776. The molecule has 3 rings (SSSR count). The van der Waals surface area contributed by atoms with Gasteiger partial charge in [-0.05, 0) is 19.1 Å². The number of hydrogen-bond donors (Lipinski definition) is 0. The molecular formula is C12H10FNO2S. The highest BCUT2D eigenvalue weighted by Crippen LogP contribution is 2.36. The third kappa shape index (κ3) is 1.53. The van der Waals surface area contributed by atoms with Gasteiger partial charge in [-0.3, -0.25) is 9.69 Å². The second-order valence-corrected chi connectivity index (χ2v) is 5.00. The van der Waals surface area contributed by atoms with Crippen LogP contribution in [0.15, 0.2) is 28.9 Å². The summed E-state index contributed by atoms with van der Waals surface area (Å²) in [5.74, 6) is 0.349. The van der Waals surface area contributed by atoms with Crippen LogP contribution in [0.25, 0.3) is 11.0 Å². The number of para-hydroxylation sites is 1. The Balaban J connectivity index is 2.18. The Morgan fingerprint density at radius 1 is 1.53 bits per heavy atom. The van der Waals surface area contributed by atoms with E-state index in [0.29, 0.717) is 11.1 Å². The van der Waals surface area contributed by atoms with Gasteiger partial charge in [0.05, 0.1) is 5.69 Å². The fourth-order valence-electron chi connectivity index (χ4n) is 2.05. The van der Waals surface area contributed by atoms with E-state index < -0.39 is 5.82 Å². The van der Waals surface area contributed by atoms with E-state index in [1.54, 1.807) is 17.0 Å². The van der Waals surface area contributed by atoms with Gasteiger partial charge in [-0.25, -0.2) is 4.39 Å². The number of halogens is 1. The summed E-state index contributed by atoms with van der Waals surface area (Å²) in [6, 6.07) is 4.84. The molecule has 1 amide bonds. The van der Waals surface area contributed by atoms with Gasteiger partial charge in [-0.2, -0.15) is 0 Å². The molecule has 1 aliphatic rings. The Kier molecular flexibility index (Phi) is 2.36. The van der Waals surface area contributed by atoms with Crippen molar-refractivity contribution in [3.63, 3.8) is 0 Å². The minimum Gasteiger partial charge on any atom is -0.459 e. The molecule has 1 atom stereocenters. The Hall–Kier alpha value is -1.49. The van der Waals surface area contributed by atoms with Crippen LogP contribution in [0, 0.1) is 5.82 Å². The topological polar surface area (TPSA) is 33.5 Å². The Bertz CT molecular complexity index is 595. The zero-order chi connectivity index (χ0) is 12.0. The van der Waals surface area contributed by atoms with Crippen molar-refractivity contribution in [2.45, 2.75) is 13.0 Å². The number of thioether (sulfide) groups is 1. The van der Waals surface area contributed by atoms with Gasteiger partial charge in [0, 0.05) is 17.2 Å². The van der Waals surface area contributed by atoms with Crippen molar-refractivity contribution in [2.24, 2.45) is 0 Å². The fourth-order valence-corrected chi connectivity index (χ4v) is 3.00. The third-order valence-electron chi connectivity index (χ3n) is 2.88. The Morgan fingerprint density at radius 2 is 2.35 bits per heavy atom. The maximum absolute atomic E-state index is 13.5. The summed E-state index contributed by atoms with van der Waals surface area (Å²) in [5.41, 5.74) is 0.862. The maximum atomic E-state index is 13.5. The number of carbonyl (C=O) groups excluding carboxylic acids is 1. The molecule has 0 saturated carbocycles. The molecule has 1 saturated heterocycles. The highest BCUT2D eigenvalue weighted by molar-refractivity contribution is 8.14. The molecule has 0 aliphatic carbocycles. The summed E-state index contributed by atoms with van der Waals surface area (Å²) < 4.78 is 18.7. The largest absolute Gasteiger partial charge is 0.459 e. The fraction of sp³-hybridized carbons (Fsp3) is 0.250. The zero-order valence-corrected chi connectivity index (χ0v) is 9.96. The van der Waals surface area contributed by atoms with Crippen molar-refractivity contribution in [3.05, 3.63) is 30.3 Å². The van der Waals surface area contributed by atoms with Crippen molar-refractivity contribution >= 4 is 33.7 Å². The summed E-state index contributed by atoms with van der Waals surface area (Å²) in [7, 11) is 0. The molecule has 0 bridgehead atoms. The smallest absolute Gasteiger partial charge is 0.286 e. The average molecular weight is 251 g/mol. The second-order valence-electron chi connectivity index (χ2n) is 4.03. The van der Waals surface area contributed by atoms with E-state index in [0.717, 1.165) is 5.75 Å². The van der Waals surface area contributed by atoms with E-state index in [2.05, 4.69) is 0 Å². The van der Waals surface area contributed by atoms with Crippen molar-refractivity contribution in [3.8, 4) is 0 Å². The lowest BCUT2D eigenvalue weighted by Crippen LogP contribution is -2.30. The van der Waals surface area contributed by atoms with Crippen LogP contribution in [0.2, 0.25) is 0 Å². The first-order chi connectivity index (χ1) is 8.18. The molecular weight excluding hydrogens is 241 g/mol. The van der Waals surface area contributed by atoms with Crippen LogP contribution in [0.4, 0.5) is 14.9 Å². The monoisotopic (exact) mass is 251 g/mol. The second kappa shape index (κ2) is 3.77.